The molecule has 1 N–H and O–H groups in total. The number of rotatable bonds is 2. The quantitative estimate of drug-likeness (QED) is 0.909. The molecule has 2 rings (SSSR count). The fourth-order valence-electron chi connectivity index (χ4n) is 2.60. The number of benzene rings is 1. The first-order valence-electron chi connectivity index (χ1n) is 7.48. The van der Waals surface area contributed by atoms with Gasteiger partial charge in [0.25, 0.3) is 5.91 Å². The van der Waals surface area contributed by atoms with Gasteiger partial charge in [-0.05, 0) is 36.5 Å². The molecule has 0 bridgehead atoms. The predicted octanol–water partition coefficient (Wildman–Crippen LogP) is 2.52. The normalized spacial score (nSPS) is 23.2. The molecule has 1 heterocycles. The molecule has 1 aliphatic heterocycles. The zero-order valence-electron chi connectivity index (χ0n) is 13.4. The van der Waals surface area contributed by atoms with Crippen molar-refractivity contribution in [1.29, 1.82) is 0 Å². The molecule has 21 heavy (non-hydrogen) atoms. The van der Waals surface area contributed by atoms with E-state index < -0.39 is 12.1 Å². The second-order valence-electron chi connectivity index (χ2n) is 6.71. The number of aryl methyl sites for hydroxylation is 1. The van der Waals surface area contributed by atoms with Crippen molar-refractivity contribution in [3.63, 3.8) is 0 Å². The van der Waals surface area contributed by atoms with Gasteiger partial charge in [-0.25, -0.2) is 0 Å². The van der Waals surface area contributed by atoms with E-state index in [1.54, 1.807) is 11.8 Å². The standard InChI is InChI=1S/C17H24N2O2/c1-6-12-7-9-13(10-8-12)19-11(2)15(20)18-14(16(19)21)17(3,4)5/h7-11,14H,6H2,1-5H3,(H,18,20). The summed E-state index contributed by atoms with van der Waals surface area (Å²) in [5.74, 6) is -0.145. The molecule has 1 aromatic rings. The summed E-state index contributed by atoms with van der Waals surface area (Å²) >= 11 is 0. The molecule has 0 saturated carbocycles. The predicted molar refractivity (Wildman–Crippen MR) is 84.2 cm³/mol. The minimum Gasteiger partial charge on any atom is -0.342 e. The lowest BCUT2D eigenvalue weighted by Gasteiger charge is -2.42. The van der Waals surface area contributed by atoms with Crippen LogP contribution in [-0.4, -0.2) is 23.9 Å². The van der Waals surface area contributed by atoms with Crippen molar-refractivity contribution in [3.05, 3.63) is 29.8 Å². The molecule has 1 aliphatic rings. The molecule has 114 valence electrons. The Hall–Kier alpha value is -1.84. The largest absolute Gasteiger partial charge is 0.342 e. The Morgan fingerprint density at radius 3 is 2.19 bits per heavy atom. The lowest BCUT2D eigenvalue weighted by molar-refractivity contribution is -0.136. The van der Waals surface area contributed by atoms with Crippen LogP contribution in [0.4, 0.5) is 5.69 Å². The number of carbonyl (C=O) groups is 2. The van der Waals surface area contributed by atoms with Crippen LogP contribution in [0.5, 0.6) is 0 Å². The van der Waals surface area contributed by atoms with Gasteiger partial charge in [0.2, 0.25) is 5.91 Å². The summed E-state index contributed by atoms with van der Waals surface area (Å²) in [4.78, 5) is 26.6. The molecule has 1 saturated heterocycles. The molecular formula is C17H24N2O2. The van der Waals surface area contributed by atoms with Gasteiger partial charge in [0.05, 0.1) is 0 Å². The minimum atomic E-state index is -0.493. The molecular weight excluding hydrogens is 264 g/mol. The Kier molecular flexibility index (Phi) is 4.08. The summed E-state index contributed by atoms with van der Waals surface area (Å²) < 4.78 is 0. The van der Waals surface area contributed by atoms with Gasteiger partial charge >= 0.3 is 0 Å². The highest BCUT2D eigenvalue weighted by Crippen LogP contribution is 2.28. The smallest absolute Gasteiger partial charge is 0.250 e. The lowest BCUT2D eigenvalue weighted by Crippen LogP contribution is -2.66. The highest BCUT2D eigenvalue weighted by Gasteiger charge is 2.44. The molecule has 1 fully saturated rings. The van der Waals surface area contributed by atoms with Crippen molar-refractivity contribution in [3.8, 4) is 0 Å². The van der Waals surface area contributed by atoms with Crippen LogP contribution in [0.2, 0.25) is 0 Å². The second kappa shape index (κ2) is 5.51. The molecule has 0 aromatic heterocycles. The van der Waals surface area contributed by atoms with Crippen LogP contribution in [0.15, 0.2) is 24.3 Å². The number of carbonyl (C=O) groups excluding carboxylic acids is 2. The summed E-state index contributed by atoms with van der Waals surface area (Å²) in [6, 6.07) is 6.88. The van der Waals surface area contributed by atoms with Gasteiger partial charge < -0.3 is 5.32 Å². The third kappa shape index (κ3) is 2.94. The first-order chi connectivity index (χ1) is 9.75. The van der Waals surface area contributed by atoms with Gasteiger partial charge in [-0.2, -0.15) is 0 Å². The minimum absolute atomic E-state index is 0.0427. The molecule has 0 spiro atoms. The summed E-state index contributed by atoms with van der Waals surface area (Å²) in [5, 5.41) is 2.85. The third-order valence-electron chi connectivity index (χ3n) is 4.03. The number of amides is 2. The average Bonchev–Trinajstić information content (AvgIpc) is 2.42. The average molecular weight is 288 g/mol. The van der Waals surface area contributed by atoms with Crippen LogP contribution in [0, 0.1) is 5.41 Å². The maximum Gasteiger partial charge on any atom is 0.250 e. The Balaban J connectivity index is 2.38. The number of piperazine rings is 1. The van der Waals surface area contributed by atoms with E-state index in [2.05, 4.69) is 12.2 Å². The highest BCUT2D eigenvalue weighted by atomic mass is 16.2. The summed E-state index contributed by atoms with van der Waals surface area (Å²) in [6.45, 7) is 9.74. The molecule has 4 nitrogen and oxygen atoms in total. The molecule has 1 aromatic carbocycles. The van der Waals surface area contributed by atoms with Gasteiger partial charge in [0.1, 0.15) is 12.1 Å². The number of nitrogens with one attached hydrogen (secondary N) is 1. The van der Waals surface area contributed by atoms with Crippen molar-refractivity contribution in [2.75, 3.05) is 4.90 Å². The Morgan fingerprint density at radius 2 is 1.71 bits per heavy atom. The van der Waals surface area contributed by atoms with E-state index in [-0.39, 0.29) is 17.2 Å². The second-order valence-corrected chi connectivity index (χ2v) is 6.71. The molecule has 2 atom stereocenters. The molecule has 2 amide bonds. The zero-order chi connectivity index (χ0) is 15.8. The SMILES string of the molecule is CCc1ccc(N2C(=O)C(C(C)(C)C)NC(=O)C2C)cc1. The molecule has 2 unspecified atom stereocenters. The van der Waals surface area contributed by atoms with Crippen molar-refractivity contribution >= 4 is 17.5 Å². The monoisotopic (exact) mass is 288 g/mol. The van der Waals surface area contributed by atoms with E-state index in [1.165, 1.54) is 5.56 Å². The van der Waals surface area contributed by atoms with Crippen molar-refractivity contribution in [1.82, 2.24) is 5.32 Å². The van der Waals surface area contributed by atoms with Gasteiger partial charge in [-0.15, -0.1) is 0 Å². The maximum atomic E-state index is 12.8. The Morgan fingerprint density at radius 1 is 1.14 bits per heavy atom. The van der Waals surface area contributed by atoms with Crippen LogP contribution >= 0.6 is 0 Å². The molecule has 4 heteroatoms. The van der Waals surface area contributed by atoms with Gasteiger partial charge in [-0.1, -0.05) is 39.8 Å². The topological polar surface area (TPSA) is 49.4 Å². The van der Waals surface area contributed by atoms with Crippen LogP contribution in [0.3, 0.4) is 0 Å². The van der Waals surface area contributed by atoms with E-state index in [0.717, 1.165) is 12.1 Å². The van der Waals surface area contributed by atoms with Gasteiger partial charge in [0, 0.05) is 5.69 Å². The van der Waals surface area contributed by atoms with Crippen molar-refractivity contribution in [2.24, 2.45) is 5.41 Å². The van der Waals surface area contributed by atoms with Crippen LogP contribution in [0.25, 0.3) is 0 Å². The number of hydrogen-bond donors (Lipinski definition) is 1. The lowest BCUT2D eigenvalue weighted by atomic mass is 9.84. The number of nitrogens with zero attached hydrogens (tertiary/aromatic N) is 1. The van der Waals surface area contributed by atoms with Crippen LogP contribution < -0.4 is 10.2 Å². The first-order valence-corrected chi connectivity index (χ1v) is 7.48. The van der Waals surface area contributed by atoms with E-state index in [4.69, 9.17) is 0 Å². The summed E-state index contributed by atoms with van der Waals surface area (Å²) in [6.07, 6.45) is 0.953. The number of hydrogen-bond acceptors (Lipinski definition) is 2. The van der Waals surface area contributed by atoms with Gasteiger partial charge in [-0.3, -0.25) is 14.5 Å². The maximum absolute atomic E-state index is 12.8. The summed E-state index contributed by atoms with van der Waals surface area (Å²) in [7, 11) is 0. The summed E-state index contributed by atoms with van der Waals surface area (Å²) in [5.41, 5.74) is 1.69. The van der Waals surface area contributed by atoms with Crippen LogP contribution in [0.1, 0.15) is 40.2 Å². The van der Waals surface area contributed by atoms with Crippen LogP contribution in [-0.2, 0) is 16.0 Å². The number of anilines is 1. The fraction of sp³-hybridized carbons (Fsp3) is 0.529. The first kappa shape index (κ1) is 15.5. The Bertz CT molecular complexity index is 543. The third-order valence-corrected chi connectivity index (χ3v) is 4.03. The van der Waals surface area contributed by atoms with E-state index in [0.29, 0.717) is 0 Å². The fourth-order valence-corrected chi connectivity index (χ4v) is 2.60. The van der Waals surface area contributed by atoms with E-state index in [9.17, 15) is 9.59 Å². The van der Waals surface area contributed by atoms with Gasteiger partial charge in [0.15, 0.2) is 0 Å². The van der Waals surface area contributed by atoms with Crippen molar-refractivity contribution in [2.45, 2.75) is 53.1 Å². The van der Waals surface area contributed by atoms with E-state index in [1.807, 2.05) is 45.0 Å². The molecule has 0 aliphatic carbocycles. The van der Waals surface area contributed by atoms with E-state index >= 15 is 0 Å². The van der Waals surface area contributed by atoms with Crippen molar-refractivity contribution < 1.29 is 9.59 Å². The zero-order valence-corrected chi connectivity index (χ0v) is 13.4. The molecule has 0 radical (unpaired) electrons. The Labute approximate surface area is 126 Å². The highest BCUT2D eigenvalue weighted by molar-refractivity contribution is 6.08.